The van der Waals surface area contributed by atoms with Crippen molar-refractivity contribution in [2.75, 3.05) is 5.43 Å². The van der Waals surface area contributed by atoms with Crippen molar-refractivity contribution in [1.82, 2.24) is 0 Å². The summed E-state index contributed by atoms with van der Waals surface area (Å²) >= 11 is 5.63. The van der Waals surface area contributed by atoms with E-state index < -0.39 is 7.12 Å². The van der Waals surface area contributed by atoms with Crippen molar-refractivity contribution in [2.45, 2.75) is 0 Å². The first-order chi connectivity index (χ1) is 5.65. The van der Waals surface area contributed by atoms with Crippen LogP contribution < -0.4 is 16.7 Å². The summed E-state index contributed by atoms with van der Waals surface area (Å²) in [4.78, 5) is 0. The van der Waals surface area contributed by atoms with E-state index in [9.17, 15) is 0 Å². The number of halogens is 1. The Bertz CT molecular complexity index is 282. The van der Waals surface area contributed by atoms with Gasteiger partial charge in [-0.15, -0.1) is 0 Å². The van der Waals surface area contributed by atoms with Crippen LogP contribution in [0.3, 0.4) is 0 Å². The predicted molar refractivity (Wildman–Crippen MR) is 49.1 cm³/mol. The lowest BCUT2D eigenvalue weighted by atomic mass is 9.79. The highest BCUT2D eigenvalue weighted by molar-refractivity contribution is 6.61. The number of rotatable bonds is 2. The molecule has 6 heteroatoms. The molecule has 0 unspecified atom stereocenters. The molecule has 0 aromatic heterocycles. The van der Waals surface area contributed by atoms with Crippen molar-refractivity contribution in [3.8, 4) is 0 Å². The smallest absolute Gasteiger partial charge is 0.423 e. The topological polar surface area (TPSA) is 78.5 Å². The molecule has 4 nitrogen and oxygen atoms in total. The van der Waals surface area contributed by atoms with Crippen LogP contribution in [0.15, 0.2) is 18.2 Å². The minimum Gasteiger partial charge on any atom is -0.423 e. The molecule has 0 atom stereocenters. The maximum absolute atomic E-state index is 8.86. The van der Waals surface area contributed by atoms with E-state index in [0.29, 0.717) is 10.7 Å². The fourth-order valence-corrected chi connectivity index (χ4v) is 1.06. The lowest BCUT2D eigenvalue weighted by molar-refractivity contribution is 0.426. The van der Waals surface area contributed by atoms with Gasteiger partial charge in [0.05, 0.1) is 0 Å². The highest BCUT2D eigenvalue weighted by atomic mass is 35.5. The molecule has 64 valence electrons. The number of anilines is 1. The molecular formula is C6H8BClN2O2. The van der Waals surface area contributed by atoms with Gasteiger partial charge in [0.15, 0.2) is 0 Å². The van der Waals surface area contributed by atoms with Gasteiger partial charge in [-0.1, -0.05) is 11.6 Å². The highest BCUT2D eigenvalue weighted by Crippen LogP contribution is 2.10. The van der Waals surface area contributed by atoms with Gasteiger partial charge in [-0.05, 0) is 18.2 Å². The van der Waals surface area contributed by atoms with Crippen LogP contribution in [-0.4, -0.2) is 17.2 Å². The number of nitrogen functional groups attached to an aromatic ring is 1. The molecule has 1 aromatic rings. The monoisotopic (exact) mass is 186 g/mol. The second-order valence-electron chi connectivity index (χ2n) is 2.25. The highest BCUT2D eigenvalue weighted by Gasteiger charge is 2.15. The van der Waals surface area contributed by atoms with E-state index in [4.69, 9.17) is 27.5 Å². The quantitative estimate of drug-likeness (QED) is 0.280. The second kappa shape index (κ2) is 3.77. The molecule has 1 rings (SSSR count). The van der Waals surface area contributed by atoms with Gasteiger partial charge in [0.25, 0.3) is 0 Å². The fraction of sp³-hybridized carbons (Fsp3) is 0. The number of hydrazine groups is 1. The number of benzene rings is 1. The van der Waals surface area contributed by atoms with Crippen molar-refractivity contribution < 1.29 is 10.0 Å². The maximum atomic E-state index is 8.86. The number of nitrogens with two attached hydrogens (primary N) is 1. The summed E-state index contributed by atoms with van der Waals surface area (Å²) in [5.74, 6) is 5.12. The molecular weight excluding hydrogens is 178 g/mol. The first-order valence-electron chi connectivity index (χ1n) is 3.27. The Morgan fingerprint density at radius 2 is 2.08 bits per heavy atom. The Kier molecular flexibility index (Phi) is 2.94. The average molecular weight is 186 g/mol. The summed E-state index contributed by atoms with van der Waals surface area (Å²) in [5, 5.41) is 18.2. The van der Waals surface area contributed by atoms with Crippen molar-refractivity contribution in [2.24, 2.45) is 5.84 Å². The van der Waals surface area contributed by atoms with Gasteiger partial charge in [-0.25, -0.2) is 0 Å². The summed E-state index contributed by atoms with van der Waals surface area (Å²) in [6.45, 7) is 0. The Balaban J connectivity index is 3.12. The molecule has 0 amide bonds. The van der Waals surface area contributed by atoms with Crippen molar-refractivity contribution in [1.29, 1.82) is 0 Å². The van der Waals surface area contributed by atoms with Crippen LogP contribution in [0, 0.1) is 0 Å². The van der Waals surface area contributed by atoms with E-state index in [0.717, 1.165) is 0 Å². The Morgan fingerprint density at radius 3 is 2.58 bits per heavy atom. The maximum Gasteiger partial charge on any atom is 0.490 e. The van der Waals surface area contributed by atoms with Crippen LogP contribution >= 0.6 is 11.6 Å². The molecule has 0 bridgehead atoms. The minimum atomic E-state index is -1.57. The largest absolute Gasteiger partial charge is 0.490 e. The van der Waals surface area contributed by atoms with Crippen LogP contribution in [-0.2, 0) is 0 Å². The van der Waals surface area contributed by atoms with Crippen LogP contribution in [0.2, 0.25) is 5.02 Å². The molecule has 0 saturated carbocycles. The third-order valence-corrected chi connectivity index (χ3v) is 1.68. The van der Waals surface area contributed by atoms with Gasteiger partial charge in [0.2, 0.25) is 0 Å². The van der Waals surface area contributed by atoms with Gasteiger partial charge in [0.1, 0.15) is 0 Å². The van der Waals surface area contributed by atoms with Crippen LogP contribution in [0.1, 0.15) is 0 Å². The number of hydrogen-bond acceptors (Lipinski definition) is 4. The third-order valence-electron chi connectivity index (χ3n) is 1.45. The zero-order valence-electron chi connectivity index (χ0n) is 6.16. The molecule has 0 aliphatic rings. The molecule has 1 aromatic carbocycles. The van der Waals surface area contributed by atoms with Gasteiger partial charge in [-0.2, -0.15) is 0 Å². The van der Waals surface area contributed by atoms with E-state index in [1.165, 1.54) is 6.07 Å². The van der Waals surface area contributed by atoms with Crippen LogP contribution in [0.5, 0.6) is 0 Å². The van der Waals surface area contributed by atoms with Crippen molar-refractivity contribution >= 4 is 29.9 Å². The van der Waals surface area contributed by atoms with Gasteiger partial charge in [-0.3, -0.25) is 5.84 Å². The summed E-state index contributed by atoms with van der Waals surface area (Å²) in [6, 6.07) is 4.60. The third kappa shape index (κ3) is 1.89. The molecule has 0 fully saturated rings. The lowest BCUT2D eigenvalue weighted by Crippen LogP contribution is -2.33. The van der Waals surface area contributed by atoms with Gasteiger partial charge < -0.3 is 15.5 Å². The number of hydrogen-bond donors (Lipinski definition) is 4. The second-order valence-corrected chi connectivity index (χ2v) is 2.69. The SMILES string of the molecule is NNc1ccc(Cl)cc1B(O)O. The molecule has 0 radical (unpaired) electrons. The standard InChI is InChI=1S/C6H8BClN2O2/c8-4-1-2-6(10-9)5(3-4)7(11)12/h1-3,10-12H,9H2. The van der Waals surface area contributed by atoms with E-state index >= 15 is 0 Å². The molecule has 0 heterocycles. The lowest BCUT2D eigenvalue weighted by Gasteiger charge is -2.07. The predicted octanol–water partition coefficient (Wildman–Crippen LogP) is -0.695. The van der Waals surface area contributed by atoms with E-state index in [1.807, 2.05) is 0 Å². The molecule has 0 aliphatic heterocycles. The Morgan fingerprint density at radius 1 is 1.42 bits per heavy atom. The van der Waals surface area contributed by atoms with Crippen molar-refractivity contribution in [3.05, 3.63) is 23.2 Å². The molecule has 0 saturated heterocycles. The Labute approximate surface area is 75.1 Å². The molecule has 5 N–H and O–H groups in total. The fourth-order valence-electron chi connectivity index (χ4n) is 0.879. The van der Waals surface area contributed by atoms with Crippen molar-refractivity contribution in [3.63, 3.8) is 0 Å². The normalized spacial score (nSPS) is 9.67. The van der Waals surface area contributed by atoms with E-state index in [1.54, 1.807) is 12.1 Å². The van der Waals surface area contributed by atoms with E-state index in [-0.39, 0.29) is 5.46 Å². The summed E-state index contributed by atoms with van der Waals surface area (Å²) in [7, 11) is -1.57. The Hall–Kier alpha value is -0.745. The van der Waals surface area contributed by atoms with E-state index in [2.05, 4.69) is 5.43 Å². The molecule has 0 spiro atoms. The summed E-state index contributed by atoms with van der Waals surface area (Å²) < 4.78 is 0. The summed E-state index contributed by atoms with van der Waals surface area (Å²) in [5.41, 5.74) is 3.02. The number of nitrogens with one attached hydrogen (secondary N) is 1. The first kappa shape index (κ1) is 9.34. The minimum absolute atomic E-state index is 0.255. The molecule has 0 aliphatic carbocycles. The van der Waals surface area contributed by atoms with Gasteiger partial charge >= 0.3 is 7.12 Å². The zero-order chi connectivity index (χ0) is 9.14. The van der Waals surface area contributed by atoms with Gasteiger partial charge in [0, 0.05) is 16.2 Å². The van der Waals surface area contributed by atoms with Crippen LogP contribution in [0.25, 0.3) is 0 Å². The van der Waals surface area contributed by atoms with Crippen LogP contribution in [0.4, 0.5) is 5.69 Å². The average Bonchev–Trinajstić information content (AvgIpc) is 2.04. The first-order valence-corrected chi connectivity index (χ1v) is 3.65. The molecule has 12 heavy (non-hydrogen) atoms. The summed E-state index contributed by atoms with van der Waals surface area (Å²) in [6.07, 6.45) is 0. The zero-order valence-corrected chi connectivity index (χ0v) is 6.92.